The zero-order valence-electron chi connectivity index (χ0n) is 16.2. The van der Waals surface area contributed by atoms with Crippen LogP contribution in [0.25, 0.3) is 0 Å². The second-order valence-electron chi connectivity index (χ2n) is 6.27. The lowest BCUT2D eigenvalue weighted by atomic mass is 10.1. The molecule has 30 heavy (non-hydrogen) atoms. The molecule has 0 spiro atoms. The number of hydrogen-bond acceptors (Lipinski definition) is 11. The fourth-order valence-corrected chi connectivity index (χ4v) is 2.41. The number of aliphatic hydroxyl groups excluding tert-OH is 3. The minimum atomic E-state index is -1.31. The summed E-state index contributed by atoms with van der Waals surface area (Å²) in [6.45, 7) is -0.453. The molecule has 0 bridgehead atoms. The highest BCUT2D eigenvalue weighted by Gasteiger charge is 2.43. The van der Waals surface area contributed by atoms with E-state index in [4.69, 9.17) is 21.3 Å². The zero-order valence-corrected chi connectivity index (χ0v) is 16.2. The van der Waals surface area contributed by atoms with Crippen molar-refractivity contribution in [3.8, 4) is 0 Å². The molecule has 0 aliphatic carbocycles. The Hall–Kier alpha value is -3.40. The second kappa shape index (κ2) is 9.88. The molecule has 15 nitrogen and oxygen atoms in total. The largest absolute Gasteiger partial charge is 0.394 e. The molecule has 8 N–H and O–H groups in total. The number of ether oxygens (including phenoxy) is 1. The maximum absolute atomic E-state index is 11.5. The van der Waals surface area contributed by atoms with E-state index in [1.54, 1.807) is 14.1 Å². The van der Waals surface area contributed by atoms with Gasteiger partial charge in [-0.15, -0.1) is 5.11 Å². The lowest BCUT2D eigenvalue weighted by molar-refractivity contribution is -0.0549. The first-order chi connectivity index (χ1) is 14.1. The number of nitrogen functional groups attached to an aromatic ring is 1. The van der Waals surface area contributed by atoms with Gasteiger partial charge in [0.05, 0.1) is 12.9 Å². The van der Waals surface area contributed by atoms with Crippen LogP contribution in [0.2, 0.25) is 0 Å². The normalized spacial score (nSPS) is 23.2. The van der Waals surface area contributed by atoms with Gasteiger partial charge >= 0.3 is 5.69 Å². The average molecular weight is 425 g/mol. The number of carbonyl (C=O) groups excluding carboxylic acids is 1. The molecule has 1 aliphatic rings. The Kier molecular flexibility index (Phi) is 7.54. The Bertz CT molecular complexity index is 943. The van der Waals surface area contributed by atoms with E-state index >= 15 is 0 Å². The van der Waals surface area contributed by atoms with Gasteiger partial charge in [-0.3, -0.25) is 14.4 Å². The maximum Gasteiger partial charge on any atom is 0.351 e. The number of rotatable bonds is 5. The van der Waals surface area contributed by atoms with Crippen LogP contribution < -0.4 is 17.2 Å². The van der Waals surface area contributed by atoms with Gasteiger partial charge in [-0.1, -0.05) is 5.22 Å². The number of aromatic amines is 1. The van der Waals surface area contributed by atoms with Crippen LogP contribution in [0.3, 0.4) is 0 Å². The first-order valence-corrected chi connectivity index (χ1v) is 8.55. The van der Waals surface area contributed by atoms with Gasteiger partial charge in [0.1, 0.15) is 24.1 Å². The number of hydrogen-bond donors (Lipinski definition) is 6. The molecule has 0 aromatic carbocycles. The van der Waals surface area contributed by atoms with Crippen molar-refractivity contribution in [1.29, 1.82) is 0 Å². The van der Waals surface area contributed by atoms with Gasteiger partial charge in [0, 0.05) is 20.3 Å². The Labute approximate surface area is 169 Å². The van der Waals surface area contributed by atoms with E-state index < -0.39 is 42.7 Å². The van der Waals surface area contributed by atoms with E-state index in [9.17, 15) is 19.8 Å². The predicted molar refractivity (Wildman–Crippen MR) is 101 cm³/mol. The third kappa shape index (κ3) is 5.35. The molecule has 1 amide bonds. The van der Waals surface area contributed by atoms with Crippen LogP contribution in [0, 0.1) is 0 Å². The predicted octanol–water partition coefficient (Wildman–Crippen LogP) is -2.49. The average Bonchev–Trinajstić information content (AvgIpc) is 3.26. The van der Waals surface area contributed by atoms with Crippen LogP contribution in [-0.4, -0.2) is 84.8 Å². The number of nitrogens with zero attached hydrogens (tertiary/aromatic N) is 6. The molecule has 1 aliphatic heterocycles. The highest BCUT2D eigenvalue weighted by atomic mass is 16.6. The number of nitrogens with one attached hydrogen (secondary N) is 1. The summed E-state index contributed by atoms with van der Waals surface area (Å²) in [6.07, 6.45) is -1.93. The third-order valence-electron chi connectivity index (χ3n) is 3.83. The van der Waals surface area contributed by atoms with Crippen molar-refractivity contribution in [2.24, 2.45) is 16.1 Å². The molecular formula is C15H23N9O6. The molecule has 2 aromatic heterocycles. The summed E-state index contributed by atoms with van der Waals surface area (Å²) < 4.78 is 6.19. The van der Waals surface area contributed by atoms with Crippen molar-refractivity contribution in [2.75, 3.05) is 26.4 Å². The smallest absolute Gasteiger partial charge is 0.351 e. The number of aliphatic hydroxyl groups is 3. The molecule has 2 aromatic rings. The highest BCUT2D eigenvalue weighted by molar-refractivity contribution is 5.94. The molecule has 0 saturated carbocycles. The Balaban J connectivity index is 0.000000222. The molecule has 15 heteroatoms. The fraction of sp³-hybridized carbons (Fsp3) is 0.467. The lowest BCUT2D eigenvalue weighted by Gasteiger charge is -2.16. The SMILES string of the molecule is CN(C)N=Nc1nc[nH]c1C(N)=O.Nc1ccn([C@@H]2O[C@H](CO)[C@@H](O)[C@@H]2O)c(=O)n1. The third-order valence-corrected chi connectivity index (χ3v) is 3.83. The number of anilines is 1. The van der Waals surface area contributed by atoms with E-state index in [1.807, 2.05) is 0 Å². The topological polar surface area (TPSA) is 231 Å². The van der Waals surface area contributed by atoms with E-state index in [1.165, 1.54) is 23.6 Å². The minimum Gasteiger partial charge on any atom is -0.394 e. The summed E-state index contributed by atoms with van der Waals surface area (Å²) in [5, 5.41) is 37.0. The molecular weight excluding hydrogens is 402 g/mol. The van der Waals surface area contributed by atoms with Crippen molar-refractivity contribution < 1.29 is 24.9 Å². The highest BCUT2D eigenvalue weighted by Crippen LogP contribution is 2.27. The number of H-pyrrole nitrogens is 1. The first kappa shape index (κ1) is 22.9. The van der Waals surface area contributed by atoms with E-state index in [2.05, 4.69) is 25.3 Å². The summed E-state index contributed by atoms with van der Waals surface area (Å²) in [7, 11) is 3.42. The molecule has 1 saturated heterocycles. The molecule has 4 atom stereocenters. The Morgan fingerprint density at radius 2 is 2.10 bits per heavy atom. The number of amides is 1. The quantitative estimate of drug-likeness (QED) is 0.218. The van der Waals surface area contributed by atoms with E-state index in [0.29, 0.717) is 0 Å². The van der Waals surface area contributed by atoms with Gasteiger partial charge in [0.15, 0.2) is 11.9 Å². The van der Waals surface area contributed by atoms with Crippen LogP contribution in [0.4, 0.5) is 11.6 Å². The maximum atomic E-state index is 11.5. The molecule has 0 radical (unpaired) electrons. The van der Waals surface area contributed by atoms with Crippen LogP contribution in [0.15, 0.2) is 33.7 Å². The van der Waals surface area contributed by atoms with Gasteiger partial charge in [-0.25, -0.2) is 9.78 Å². The van der Waals surface area contributed by atoms with Gasteiger partial charge in [0.2, 0.25) is 5.82 Å². The first-order valence-electron chi connectivity index (χ1n) is 8.55. The number of aromatic nitrogens is 4. The summed E-state index contributed by atoms with van der Waals surface area (Å²) in [6, 6.07) is 1.37. The van der Waals surface area contributed by atoms with Crippen molar-refractivity contribution in [2.45, 2.75) is 24.5 Å². The van der Waals surface area contributed by atoms with Crippen LogP contribution in [0.1, 0.15) is 16.7 Å². The van der Waals surface area contributed by atoms with E-state index in [0.717, 1.165) is 4.57 Å². The molecule has 3 heterocycles. The number of nitrogens with two attached hydrogens (primary N) is 2. The summed E-state index contributed by atoms with van der Waals surface area (Å²) in [4.78, 5) is 32.1. The van der Waals surface area contributed by atoms with Crippen molar-refractivity contribution in [3.05, 3.63) is 34.8 Å². The monoisotopic (exact) mass is 425 g/mol. The summed E-state index contributed by atoms with van der Waals surface area (Å²) in [5.41, 5.74) is 9.83. The summed E-state index contributed by atoms with van der Waals surface area (Å²) in [5.74, 6) is -0.357. The molecule has 3 rings (SSSR count). The zero-order chi connectivity index (χ0) is 22.4. The van der Waals surface area contributed by atoms with Crippen molar-refractivity contribution in [3.63, 3.8) is 0 Å². The van der Waals surface area contributed by atoms with Gasteiger partial charge in [-0.2, -0.15) is 4.98 Å². The van der Waals surface area contributed by atoms with Gasteiger partial charge in [-0.05, 0) is 6.07 Å². The number of carbonyl (C=O) groups is 1. The van der Waals surface area contributed by atoms with Crippen molar-refractivity contribution in [1.82, 2.24) is 24.5 Å². The number of imidazole rings is 1. The van der Waals surface area contributed by atoms with Crippen LogP contribution in [-0.2, 0) is 4.74 Å². The van der Waals surface area contributed by atoms with Gasteiger partial charge in [0.25, 0.3) is 5.91 Å². The van der Waals surface area contributed by atoms with Gasteiger partial charge < -0.3 is 36.5 Å². The standard InChI is InChI=1S/C9H13N3O5.C6H10N6O/c10-5-1-2-12(9(16)11-5)8-7(15)6(14)4(3-13)17-8;1-12(2)11-10-6-4(5(7)13)8-3-9-6/h1-2,4,6-8,13-15H,3H2,(H2,10,11,16);3H,1-2H3,(H2,7,13)(H,8,9)/t4-,6-,7+,8-;/m1./s1. The molecule has 1 fully saturated rings. The lowest BCUT2D eigenvalue weighted by Crippen LogP contribution is -2.36. The number of primary amides is 1. The van der Waals surface area contributed by atoms with E-state index in [-0.39, 0.29) is 17.3 Å². The Morgan fingerprint density at radius 3 is 2.63 bits per heavy atom. The fourth-order valence-electron chi connectivity index (χ4n) is 2.41. The van der Waals surface area contributed by atoms with Crippen LogP contribution in [0.5, 0.6) is 0 Å². The Morgan fingerprint density at radius 1 is 1.40 bits per heavy atom. The van der Waals surface area contributed by atoms with Crippen molar-refractivity contribution >= 4 is 17.5 Å². The second-order valence-corrected chi connectivity index (χ2v) is 6.27. The molecule has 0 unspecified atom stereocenters. The minimum absolute atomic E-state index is 0.0537. The molecule has 164 valence electrons. The van der Waals surface area contributed by atoms with Crippen LogP contribution >= 0.6 is 0 Å². The summed E-state index contributed by atoms with van der Waals surface area (Å²) >= 11 is 0.